The topological polar surface area (TPSA) is 48.8 Å². The van der Waals surface area contributed by atoms with E-state index in [4.69, 9.17) is 14.2 Å². The predicted octanol–water partition coefficient (Wildman–Crippen LogP) is 3.08. The molecule has 0 bridgehead atoms. The summed E-state index contributed by atoms with van der Waals surface area (Å²) in [5.41, 5.74) is 3.06. The van der Waals surface area contributed by atoms with Crippen molar-refractivity contribution in [2.75, 3.05) is 26.3 Å². The number of hydrogen-bond acceptors (Lipinski definition) is 5. The van der Waals surface area contributed by atoms with Crippen LogP contribution in [-0.2, 0) is 24.9 Å². The zero-order valence-corrected chi connectivity index (χ0v) is 16.4. The number of aryl methyl sites for hydroxylation is 1. The van der Waals surface area contributed by atoms with E-state index in [0.29, 0.717) is 39.5 Å². The fourth-order valence-corrected chi connectivity index (χ4v) is 4.04. The standard InChI is InChI=1S/C22H24FN3O3/c1-25-18-5-3-2-4-17(18)24-22(25)14-29-21-13-26(12-16(21)23)11-15-6-7-19-20(10-15)28-9-8-27-19/h2-7,10,16,21H,8-9,11-14H2,1H3/t16-,21+/m1/s1. The molecule has 152 valence electrons. The van der Waals surface area contributed by atoms with Crippen LogP contribution in [0.5, 0.6) is 11.5 Å². The van der Waals surface area contributed by atoms with Crippen LogP contribution in [0.25, 0.3) is 11.0 Å². The number of likely N-dealkylation sites (tertiary alicyclic amines) is 1. The number of para-hydroxylation sites is 2. The highest BCUT2D eigenvalue weighted by Crippen LogP contribution is 2.31. The summed E-state index contributed by atoms with van der Waals surface area (Å²) in [5, 5.41) is 0. The molecule has 2 aliphatic heterocycles. The molecule has 2 atom stereocenters. The third-order valence-corrected chi connectivity index (χ3v) is 5.59. The number of hydrogen-bond donors (Lipinski definition) is 0. The van der Waals surface area contributed by atoms with E-state index in [9.17, 15) is 4.39 Å². The Balaban J connectivity index is 1.21. The smallest absolute Gasteiger partial charge is 0.161 e. The summed E-state index contributed by atoms with van der Waals surface area (Å²) in [5.74, 6) is 2.34. The Kier molecular flexibility index (Phi) is 4.85. The zero-order chi connectivity index (χ0) is 19.8. The van der Waals surface area contributed by atoms with Gasteiger partial charge in [0.2, 0.25) is 0 Å². The molecule has 0 amide bonds. The summed E-state index contributed by atoms with van der Waals surface area (Å²) in [6, 6.07) is 13.9. The Morgan fingerprint density at radius 3 is 2.79 bits per heavy atom. The van der Waals surface area contributed by atoms with Gasteiger partial charge in [0.05, 0.1) is 11.0 Å². The molecule has 0 spiro atoms. The maximum absolute atomic E-state index is 14.6. The van der Waals surface area contributed by atoms with Crippen molar-refractivity contribution in [2.24, 2.45) is 7.05 Å². The summed E-state index contributed by atoms with van der Waals surface area (Å²) >= 11 is 0. The molecule has 1 fully saturated rings. The van der Waals surface area contributed by atoms with Gasteiger partial charge in [-0.15, -0.1) is 0 Å². The average Bonchev–Trinajstić information content (AvgIpc) is 3.25. The molecule has 0 saturated carbocycles. The van der Waals surface area contributed by atoms with Crippen LogP contribution in [0, 0.1) is 0 Å². The van der Waals surface area contributed by atoms with E-state index in [0.717, 1.165) is 33.9 Å². The summed E-state index contributed by atoms with van der Waals surface area (Å²) < 4.78 is 33.7. The molecule has 5 rings (SSSR count). The van der Waals surface area contributed by atoms with Crippen LogP contribution in [0.1, 0.15) is 11.4 Å². The van der Waals surface area contributed by atoms with Crippen molar-refractivity contribution in [3.63, 3.8) is 0 Å². The average molecular weight is 397 g/mol. The summed E-state index contributed by atoms with van der Waals surface area (Å²) in [6.45, 7) is 3.01. The third kappa shape index (κ3) is 3.68. The van der Waals surface area contributed by atoms with E-state index in [-0.39, 0.29) is 0 Å². The first-order valence-corrected chi connectivity index (χ1v) is 9.94. The molecule has 29 heavy (non-hydrogen) atoms. The molecular weight excluding hydrogens is 373 g/mol. The van der Waals surface area contributed by atoms with Gasteiger partial charge in [0.25, 0.3) is 0 Å². The lowest BCUT2D eigenvalue weighted by Crippen LogP contribution is -2.25. The fourth-order valence-electron chi connectivity index (χ4n) is 4.04. The number of nitrogens with zero attached hydrogens (tertiary/aromatic N) is 3. The second-order valence-electron chi connectivity index (χ2n) is 7.61. The molecule has 0 radical (unpaired) electrons. The van der Waals surface area contributed by atoms with Crippen LogP contribution in [-0.4, -0.2) is 53.0 Å². The summed E-state index contributed by atoms with van der Waals surface area (Å²) in [4.78, 5) is 6.68. The van der Waals surface area contributed by atoms with Crippen LogP contribution >= 0.6 is 0 Å². The Morgan fingerprint density at radius 1 is 1.10 bits per heavy atom. The second-order valence-corrected chi connectivity index (χ2v) is 7.61. The molecule has 2 aliphatic rings. The molecular formula is C22H24FN3O3. The monoisotopic (exact) mass is 397 g/mol. The van der Waals surface area contributed by atoms with Gasteiger partial charge in [-0.1, -0.05) is 18.2 Å². The first kappa shape index (κ1) is 18.4. The van der Waals surface area contributed by atoms with Crippen molar-refractivity contribution in [3.05, 3.63) is 53.9 Å². The van der Waals surface area contributed by atoms with Gasteiger partial charge in [-0.3, -0.25) is 4.90 Å². The minimum atomic E-state index is -1.01. The highest BCUT2D eigenvalue weighted by Gasteiger charge is 2.34. The SMILES string of the molecule is Cn1c(CO[C@H]2CN(Cc3ccc4c(c3)OCCO4)C[C@H]2F)nc2ccccc21. The van der Waals surface area contributed by atoms with E-state index >= 15 is 0 Å². The highest BCUT2D eigenvalue weighted by atomic mass is 19.1. The maximum Gasteiger partial charge on any atom is 0.161 e. The van der Waals surface area contributed by atoms with Crippen molar-refractivity contribution in [1.82, 2.24) is 14.5 Å². The fraction of sp³-hybridized carbons (Fsp3) is 0.409. The lowest BCUT2D eigenvalue weighted by molar-refractivity contribution is 0.00749. The molecule has 0 unspecified atom stereocenters. The second kappa shape index (κ2) is 7.65. The molecule has 0 N–H and O–H groups in total. The number of halogens is 1. The van der Waals surface area contributed by atoms with E-state index in [2.05, 4.69) is 9.88 Å². The minimum Gasteiger partial charge on any atom is -0.486 e. The van der Waals surface area contributed by atoms with Gasteiger partial charge in [-0.25, -0.2) is 9.37 Å². The molecule has 2 aromatic carbocycles. The van der Waals surface area contributed by atoms with Gasteiger partial charge >= 0.3 is 0 Å². The quantitative estimate of drug-likeness (QED) is 0.662. The van der Waals surface area contributed by atoms with E-state index in [1.807, 2.05) is 54.1 Å². The Labute approximate surface area is 168 Å². The molecule has 1 saturated heterocycles. The van der Waals surface area contributed by atoms with Gasteiger partial charge in [0, 0.05) is 26.7 Å². The molecule has 3 heterocycles. The number of aromatic nitrogens is 2. The first-order valence-electron chi connectivity index (χ1n) is 9.94. The van der Waals surface area contributed by atoms with E-state index in [1.165, 1.54) is 0 Å². The molecule has 7 heteroatoms. The predicted molar refractivity (Wildman–Crippen MR) is 107 cm³/mol. The van der Waals surface area contributed by atoms with Gasteiger partial charge in [-0.05, 0) is 29.8 Å². The minimum absolute atomic E-state index is 0.300. The lowest BCUT2D eigenvalue weighted by atomic mass is 10.2. The highest BCUT2D eigenvalue weighted by molar-refractivity contribution is 5.75. The van der Waals surface area contributed by atoms with Crippen molar-refractivity contribution < 1.29 is 18.6 Å². The van der Waals surface area contributed by atoms with E-state index in [1.54, 1.807) is 0 Å². The lowest BCUT2D eigenvalue weighted by Gasteiger charge is -2.20. The number of rotatable bonds is 5. The van der Waals surface area contributed by atoms with Crippen molar-refractivity contribution >= 4 is 11.0 Å². The third-order valence-electron chi connectivity index (χ3n) is 5.59. The Morgan fingerprint density at radius 2 is 1.93 bits per heavy atom. The number of fused-ring (bicyclic) bond motifs is 2. The van der Waals surface area contributed by atoms with Crippen LogP contribution < -0.4 is 9.47 Å². The first-order chi connectivity index (χ1) is 14.2. The maximum atomic E-state index is 14.6. The van der Waals surface area contributed by atoms with E-state index < -0.39 is 12.3 Å². The van der Waals surface area contributed by atoms with Gasteiger partial charge in [-0.2, -0.15) is 0 Å². The molecule has 6 nitrogen and oxygen atoms in total. The van der Waals surface area contributed by atoms with Gasteiger partial charge < -0.3 is 18.8 Å². The van der Waals surface area contributed by atoms with Crippen LogP contribution in [0.3, 0.4) is 0 Å². The number of benzene rings is 2. The molecule has 3 aromatic rings. The Hall–Kier alpha value is -2.64. The summed E-state index contributed by atoms with van der Waals surface area (Å²) in [7, 11) is 1.96. The number of ether oxygens (including phenoxy) is 3. The largest absolute Gasteiger partial charge is 0.486 e. The van der Waals surface area contributed by atoms with Gasteiger partial charge in [0.1, 0.15) is 37.9 Å². The van der Waals surface area contributed by atoms with Crippen LogP contribution in [0.15, 0.2) is 42.5 Å². The molecule has 0 aliphatic carbocycles. The Bertz CT molecular complexity index is 1020. The summed E-state index contributed by atoms with van der Waals surface area (Å²) in [6.07, 6.45) is -1.46. The normalized spacial score (nSPS) is 21.7. The number of imidazole rings is 1. The van der Waals surface area contributed by atoms with Crippen LogP contribution in [0.4, 0.5) is 4.39 Å². The molecule has 1 aromatic heterocycles. The zero-order valence-electron chi connectivity index (χ0n) is 16.4. The van der Waals surface area contributed by atoms with Crippen molar-refractivity contribution in [2.45, 2.75) is 25.4 Å². The van der Waals surface area contributed by atoms with Crippen molar-refractivity contribution in [3.8, 4) is 11.5 Å². The van der Waals surface area contributed by atoms with Crippen LogP contribution in [0.2, 0.25) is 0 Å². The van der Waals surface area contributed by atoms with Crippen molar-refractivity contribution in [1.29, 1.82) is 0 Å². The van der Waals surface area contributed by atoms with Gasteiger partial charge in [0.15, 0.2) is 11.5 Å². The number of alkyl halides is 1.